The molecule has 0 saturated carbocycles. The van der Waals surface area contributed by atoms with Crippen LogP contribution in [-0.4, -0.2) is 43.2 Å². The molecule has 25 heavy (non-hydrogen) atoms. The van der Waals surface area contributed by atoms with Gasteiger partial charge in [0.1, 0.15) is 18.2 Å². The number of hydrogen-bond acceptors (Lipinski definition) is 3. The fourth-order valence-electron chi connectivity index (χ4n) is 2.89. The summed E-state index contributed by atoms with van der Waals surface area (Å²) in [4.78, 5) is 14.3. The van der Waals surface area contributed by atoms with Crippen LogP contribution >= 0.6 is 0 Å². The van der Waals surface area contributed by atoms with Crippen LogP contribution in [0.25, 0.3) is 0 Å². The first-order valence-electron chi connectivity index (χ1n) is 8.56. The van der Waals surface area contributed by atoms with E-state index < -0.39 is 0 Å². The first-order valence-corrected chi connectivity index (χ1v) is 8.56. The number of benzene rings is 2. The maximum atomic E-state index is 12.8. The molecule has 0 N–H and O–H groups in total. The van der Waals surface area contributed by atoms with Crippen molar-refractivity contribution in [2.24, 2.45) is 0 Å². The average Bonchev–Trinajstić information content (AvgIpc) is 2.67. The zero-order valence-electron chi connectivity index (χ0n) is 14.1. The van der Waals surface area contributed by atoms with E-state index in [1.807, 2.05) is 35.2 Å². The summed E-state index contributed by atoms with van der Waals surface area (Å²) in [5, 5.41) is 0. The quantitative estimate of drug-likeness (QED) is 0.753. The van der Waals surface area contributed by atoms with Crippen molar-refractivity contribution in [3.8, 4) is 5.75 Å². The molecule has 0 unspecified atom stereocenters. The highest BCUT2D eigenvalue weighted by atomic mass is 19.1. The van der Waals surface area contributed by atoms with Gasteiger partial charge in [0.25, 0.3) is 5.91 Å². The maximum Gasteiger partial charge on any atom is 0.253 e. The molecule has 1 aliphatic heterocycles. The molecule has 2 aromatic carbocycles. The third-order valence-corrected chi connectivity index (χ3v) is 4.27. The molecule has 4 nitrogen and oxygen atoms in total. The minimum atomic E-state index is -0.277. The number of likely N-dealkylation sites (tertiary alicyclic amines) is 1. The fraction of sp³-hybridized carbons (Fsp3) is 0.350. The summed E-state index contributed by atoms with van der Waals surface area (Å²) in [5.74, 6) is 0.437. The van der Waals surface area contributed by atoms with E-state index in [2.05, 4.69) is 0 Å². The van der Waals surface area contributed by atoms with Crippen molar-refractivity contribution in [3.05, 3.63) is 66.0 Å². The Kier molecular flexibility index (Phi) is 6.01. The fourth-order valence-corrected chi connectivity index (χ4v) is 2.89. The molecular weight excluding hydrogens is 321 g/mol. The molecule has 3 rings (SSSR count). The van der Waals surface area contributed by atoms with Gasteiger partial charge >= 0.3 is 0 Å². The van der Waals surface area contributed by atoms with Gasteiger partial charge in [0.15, 0.2) is 0 Å². The van der Waals surface area contributed by atoms with Crippen LogP contribution in [-0.2, 0) is 4.74 Å². The van der Waals surface area contributed by atoms with Gasteiger partial charge in [0.2, 0.25) is 0 Å². The Balaban J connectivity index is 1.35. The predicted molar refractivity (Wildman–Crippen MR) is 93.2 cm³/mol. The van der Waals surface area contributed by atoms with Crippen LogP contribution in [0, 0.1) is 5.82 Å². The van der Waals surface area contributed by atoms with Crippen LogP contribution in [0.3, 0.4) is 0 Å². The minimum absolute atomic E-state index is 0.0821. The zero-order chi connectivity index (χ0) is 17.5. The number of ether oxygens (including phenoxy) is 2. The molecule has 0 aromatic heterocycles. The Labute approximate surface area is 147 Å². The average molecular weight is 343 g/mol. The van der Waals surface area contributed by atoms with Crippen molar-refractivity contribution in [2.75, 3.05) is 26.3 Å². The lowest BCUT2D eigenvalue weighted by Crippen LogP contribution is -2.41. The summed E-state index contributed by atoms with van der Waals surface area (Å²) in [6.07, 6.45) is 1.81. The molecule has 1 saturated heterocycles. The molecule has 0 spiro atoms. The monoisotopic (exact) mass is 343 g/mol. The van der Waals surface area contributed by atoms with Crippen LogP contribution in [0.1, 0.15) is 23.2 Å². The highest BCUT2D eigenvalue weighted by molar-refractivity contribution is 5.94. The van der Waals surface area contributed by atoms with E-state index in [0.29, 0.717) is 32.1 Å². The third kappa shape index (κ3) is 5.03. The molecule has 132 valence electrons. The van der Waals surface area contributed by atoms with Gasteiger partial charge in [-0.1, -0.05) is 18.2 Å². The minimum Gasteiger partial charge on any atom is -0.491 e. The molecule has 1 amide bonds. The number of rotatable bonds is 6. The van der Waals surface area contributed by atoms with Crippen LogP contribution < -0.4 is 4.74 Å². The van der Waals surface area contributed by atoms with Crippen LogP contribution in [0.15, 0.2) is 54.6 Å². The zero-order valence-corrected chi connectivity index (χ0v) is 14.1. The van der Waals surface area contributed by atoms with Gasteiger partial charge in [-0.25, -0.2) is 4.39 Å². The second kappa shape index (κ2) is 8.62. The first-order chi connectivity index (χ1) is 12.2. The summed E-state index contributed by atoms with van der Waals surface area (Å²) in [5.41, 5.74) is 0.731. The Bertz CT molecular complexity index is 667. The Hall–Kier alpha value is -2.40. The van der Waals surface area contributed by atoms with E-state index in [4.69, 9.17) is 9.47 Å². The normalized spacial score (nSPS) is 15.2. The Morgan fingerprint density at radius 1 is 1.00 bits per heavy atom. The van der Waals surface area contributed by atoms with Gasteiger partial charge < -0.3 is 14.4 Å². The molecule has 2 aromatic rings. The third-order valence-electron chi connectivity index (χ3n) is 4.27. The van der Waals surface area contributed by atoms with Crippen molar-refractivity contribution in [2.45, 2.75) is 18.9 Å². The maximum absolute atomic E-state index is 12.8. The highest BCUT2D eigenvalue weighted by Crippen LogP contribution is 2.17. The van der Waals surface area contributed by atoms with E-state index in [9.17, 15) is 9.18 Å². The van der Waals surface area contributed by atoms with Crippen molar-refractivity contribution >= 4 is 5.91 Å². The summed E-state index contributed by atoms with van der Waals surface area (Å²) < 4.78 is 24.1. The second-order valence-electron chi connectivity index (χ2n) is 6.03. The summed E-state index contributed by atoms with van der Waals surface area (Å²) >= 11 is 0. The lowest BCUT2D eigenvalue weighted by molar-refractivity contribution is -0.00238. The lowest BCUT2D eigenvalue weighted by atomic mass is 10.1. The number of halogens is 1. The summed E-state index contributed by atoms with van der Waals surface area (Å²) in [6.45, 7) is 2.32. The van der Waals surface area contributed by atoms with Crippen molar-refractivity contribution in [1.29, 1.82) is 0 Å². The molecule has 1 fully saturated rings. The van der Waals surface area contributed by atoms with E-state index in [0.717, 1.165) is 18.4 Å². The smallest absolute Gasteiger partial charge is 0.253 e. The molecule has 0 atom stereocenters. The Morgan fingerprint density at radius 2 is 1.68 bits per heavy atom. The van der Waals surface area contributed by atoms with Crippen molar-refractivity contribution in [1.82, 2.24) is 4.90 Å². The van der Waals surface area contributed by atoms with Gasteiger partial charge in [0, 0.05) is 18.7 Å². The van der Waals surface area contributed by atoms with Crippen molar-refractivity contribution in [3.63, 3.8) is 0 Å². The van der Waals surface area contributed by atoms with E-state index in [1.165, 1.54) is 12.1 Å². The summed E-state index contributed by atoms with van der Waals surface area (Å²) in [6, 6.07) is 15.3. The molecule has 5 heteroatoms. The lowest BCUT2D eigenvalue weighted by Gasteiger charge is -2.32. The number of carbonyl (C=O) groups is 1. The van der Waals surface area contributed by atoms with E-state index in [1.54, 1.807) is 12.1 Å². The molecule has 0 radical (unpaired) electrons. The van der Waals surface area contributed by atoms with Crippen LogP contribution in [0.4, 0.5) is 4.39 Å². The van der Waals surface area contributed by atoms with Gasteiger partial charge in [-0.05, 0) is 49.2 Å². The standard InChI is InChI=1S/C20H22FNO3/c21-17-6-8-18(9-7-17)24-14-15-25-19-10-12-22(13-11-19)20(23)16-4-2-1-3-5-16/h1-9,19H,10-15H2. The molecule has 0 aliphatic carbocycles. The molecule has 0 bridgehead atoms. The number of carbonyl (C=O) groups excluding carboxylic acids is 1. The number of amides is 1. The van der Waals surface area contributed by atoms with Crippen molar-refractivity contribution < 1.29 is 18.7 Å². The summed E-state index contributed by atoms with van der Waals surface area (Å²) in [7, 11) is 0. The van der Waals surface area contributed by atoms with Crippen LogP contribution in [0.5, 0.6) is 5.75 Å². The van der Waals surface area contributed by atoms with Gasteiger partial charge in [-0.3, -0.25) is 4.79 Å². The first kappa shape index (κ1) is 17.4. The number of nitrogens with zero attached hydrogens (tertiary/aromatic N) is 1. The van der Waals surface area contributed by atoms with Gasteiger partial charge in [-0.2, -0.15) is 0 Å². The molecule has 1 heterocycles. The van der Waals surface area contributed by atoms with Crippen LogP contribution in [0.2, 0.25) is 0 Å². The van der Waals surface area contributed by atoms with Gasteiger partial charge in [0.05, 0.1) is 12.7 Å². The van der Waals surface area contributed by atoms with Gasteiger partial charge in [-0.15, -0.1) is 0 Å². The molecule has 1 aliphatic rings. The van der Waals surface area contributed by atoms with E-state index >= 15 is 0 Å². The second-order valence-corrected chi connectivity index (χ2v) is 6.03. The number of hydrogen-bond donors (Lipinski definition) is 0. The highest BCUT2D eigenvalue weighted by Gasteiger charge is 2.23. The SMILES string of the molecule is O=C(c1ccccc1)N1CCC(OCCOc2ccc(F)cc2)CC1. The largest absolute Gasteiger partial charge is 0.491 e. The topological polar surface area (TPSA) is 38.8 Å². The number of piperidine rings is 1. The molecular formula is C20H22FNO3. The predicted octanol–water partition coefficient (Wildman–Crippen LogP) is 3.53. The Morgan fingerprint density at radius 3 is 2.36 bits per heavy atom. The van der Waals surface area contributed by atoms with E-state index in [-0.39, 0.29) is 17.8 Å².